The van der Waals surface area contributed by atoms with E-state index in [1.54, 1.807) is 53.2 Å². The van der Waals surface area contributed by atoms with Gasteiger partial charge >= 0.3 is 0 Å². The minimum absolute atomic E-state index is 0.144. The summed E-state index contributed by atoms with van der Waals surface area (Å²) in [5.74, 6) is 0.977. The highest BCUT2D eigenvalue weighted by Gasteiger charge is 2.35. The van der Waals surface area contributed by atoms with Gasteiger partial charge in [0.15, 0.2) is 6.61 Å². The van der Waals surface area contributed by atoms with Crippen molar-refractivity contribution in [3.05, 3.63) is 94.4 Å². The predicted octanol–water partition coefficient (Wildman–Crippen LogP) is 3.92. The number of hydrogen-bond acceptors (Lipinski definition) is 8. The number of carbonyl (C=O) groups is 3. The number of benzene rings is 3. The van der Waals surface area contributed by atoms with Crippen LogP contribution in [0.25, 0.3) is 11.1 Å². The van der Waals surface area contributed by atoms with Crippen LogP contribution < -0.4 is 24.8 Å². The molecule has 11 heteroatoms. The lowest BCUT2D eigenvalue weighted by Gasteiger charge is -2.38. The molecule has 3 aliphatic heterocycles. The van der Waals surface area contributed by atoms with E-state index < -0.39 is 6.04 Å². The van der Waals surface area contributed by atoms with Gasteiger partial charge in [0.05, 0.1) is 18.7 Å². The fourth-order valence-electron chi connectivity index (χ4n) is 5.22. The largest absolute Gasteiger partial charge is 0.496 e. The van der Waals surface area contributed by atoms with Crippen LogP contribution in [0, 0.1) is 0 Å². The lowest BCUT2D eigenvalue weighted by molar-refractivity contribution is -0.123. The molecule has 2 N–H and O–H groups in total. The molecule has 3 aliphatic rings. The summed E-state index contributed by atoms with van der Waals surface area (Å²) >= 11 is 1.36. The number of thiazole rings is 1. The van der Waals surface area contributed by atoms with Gasteiger partial charge in [0, 0.05) is 42.6 Å². The molecule has 3 amide bonds. The highest BCUT2D eigenvalue weighted by atomic mass is 32.1. The maximum atomic E-state index is 13.7. The van der Waals surface area contributed by atoms with Crippen molar-refractivity contribution in [1.82, 2.24) is 20.5 Å². The molecule has 0 aliphatic carbocycles. The molecule has 4 aromatic rings. The van der Waals surface area contributed by atoms with Crippen molar-refractivity contribution in [3.8, 4) is 28.4 Å². The van der Waals surface area contributed by atoms with Crippen LogP contribution in [0.5, 0.6) is 17.2 Å². The molecule has 0 saturated carbocycles. The first-order valence-corrected chi connectivity index (χ1v) is 14.8. The first-order valence-electron chi connectivity index (χ1n) is 13.9. The smallest absolute Gasteiger partial charge is 0.273 e. The Bertz CT molecular complexity index is 1630. The van der Waals surface area contributed by atoms with Gasteiger partial charge in [0.2, 0.25) is 0 Å². The second kappa shape index (κ2) is 12.5. The Morgan fingerprint density at radius 3 is 2.70 bits per heavy atom. The number of ether oxygens (including phenoxy) is 3. The number of rotatable bonds is 2. The molecular weight excluding hydrogens is 568 g/mol. The van der Waals surface area contributed by atoms with E-state index in [9.17, 15) is 14.4 Å². The van der Waals surface area contributed by atoms with Gasteiger partial charge in [-0.25, -0.2) is 4.98 Å². The summed E-state index contributed by atoms with van der Waals surface area (Å²) in [6, 6.07) is 19.4. The molecule has 0 radical (unpaired) electrons. The van der Waals surface area contributed by atoms with E-state index in [-0.39, 0.29) is 37.0 Å². The Labute approximate surface area is 252 Å². The van der Waals surface area contributed by atoms with Crippen molar-refractivity contribution in [2.45, 2.75) is 25.1 Å². The quantitative estimate of drug-likeness (QED) is 0.359. The van der Waals surface area contributed by atoms with Crippen molar-refractivity contribution >= 4 is 29.1 Å². The Morgan fingerprint density at radius 1 is 1.05 bits per heavy atom. The van der Waals surface area contributed by atoms with Crippen LogP contribution in [0.1, 0.15) is 32.8 Å². The number of fused-ring (bicyclic) bond motifs is 7. The summed E-state index contributed by atoms with van der Waals surface area (Å²) in [7, 11) is 1.57. The number of aromatic nitrogens is 1. The zero-order valence-electron chi connectivity index (χ0n) is 23.4. The van der Waals surface area contributed by atoms with Crippen molar-refractivity contribution in [2.75, 3.05) is 26.8 Å². The van der Waals surface area contributed by atoms with Gasteiger partial charge in [-0.1, -0.05) is 24.3 Å². The molecule has 0 unspecified atom stereocenters. The van der Waals surface area contributed by atoms with Crippen molar-refractivity contribution in [1.29, 1.82) is 0 Å². The standard InChI is InChI=1S/C32H30N4O6S/c1-40-28-10-7-22-14-25(28)21-3-2-4-24(13-21)41-17-30(37)33-15-20-5-8-23(9-6-20)42-29-11-12-36(16-26(29)35-31(22)38)32(39)27-18-43-19-34-27/h2-10,13-14,18-19,26,29H,11-12,15-17H2,1H3,(H,33,37)(H,35,38)/t26-,29-/m1/s1. The second-order valence-electron chi connectivity index (χ2n) is 10.3. The number of hydrogen-bond donors (Lipinski definition) is 2. The number of likely N-dealkylation sites (tertiary alicyclic amines) is 1. The molecule has 1 saturated heterocycles. The minimum atomic E-state index is -0.490. The van der Waals surface area contributed by atoms with Crippen LogP contribution in [0.3, 0.4) is 0 Å². The number of methoxy groups -OCH3 is 1. The van der Waals surface area contributed by atoms with Crippen LogP contribution in [0.4, 0.5) is 0 Å². The summed E-state index contributed by atoms with van der Waals surface area (Å²) in [6.07, 6.45) is 0.130. The average molecular weight is 599 g/mol. The van der Waals surface area contributed by atoms with Crippen LogP contribution in [0.2, 0.25) is 0 Å². The monoisotopic (exact) mass is 598 g/mol. The van der Waals surface area contributed by atoms with E-state index >= 15 is 0 Å². The molecular formula is C32H30N4O6S. The van der Waals surface area contributed by atoms with E-state index in [1.807, 2.05) is 36.4 Å². The summed E-state index contributed by atoms with van der Waals surface area (Å²) in [5.41, 5.74) is 4.78. The van der Waals surface area contributed by atoms with E-state index in [0.717, 1.165) is 11.1 Å². The highest BCUT2D eigenvalue weighted by Crippen LogP contribution is 2.33. The van der Waals surface area contributed by atoms with E-state index in [4.69, 9.17) is 14.2 Å². The van der Waals surface area contributed by atoms with Gasteiger partial charge in [-0.2, -0.15) is 0 Å². The van der Waals surface area contributed by atoms with E-state index in [1.165, 1.54) is 11.3 Å². The number of nitrogens with zero attached hydrogens (tertiary/aromatic N) is 2. The number of piperidine rings is 1. The molecule has 2 atom stereocenters. The summed E-state index contributed by atoms with van der Waals surface area (Å²) < 4.78 is 17.7. The fraction of sp³-hybridized carbons (Fsp3) is 0.250. The third kappa shape index (κ3) is 6.46. The van der Waals surface area contributed by atoms with Gasteiger partial charge < -0.3 is 29.7 Å². The molecule has 4 heterocycles. The normalized spacial score (nSPS) is 18.8. The molecule has 1 fully saturated rings. The molecule has 43 heavy (non-hydrogen) atoms. The zero-order chi connectivity index (χ0) is 29.8. The lowest BCUT2D eigenvalue weighted by atomic mass is 9.99. The average Bonchev–Trinajstić information content (AvgIpc) is 3.58. The molecule has 1 aromatic heterocycles. The second-order valence-corrected chi connectivity index (χ2v) is 11.0. The predicted molar refractivity (Wildman–Crippen MR) is 161 cm³/mol. The van der Waals surface area contributed by atoms with Gasteiger partial charge in [0.25, 0.3) is 17.7 Å². The number of nitrogens with one attached hydrogen (secondary N) is 2. The van der Waals surface area contributed by atoms with Gasteiger partial charge in [-0.05, 0) is 53.6 Å². The molecule has 220 valence electrons. The first kappa shape index (κ1) is 28.2. The number of carbonyl (C=O) groups excluding carboxylic acids is 3. The van der Waals surface area contributed by atoms with Crippen LogP contribution in [-0.2, 0) is 11.3 Å². The zero-order valence-corrected chi connectivity index (χ0v) is 24.3. The van der Waals surface area contributed by atoms with Gasteiger partial charge in [-0.15, -0.1) is 11.3 Å². The van der Waals surface area contributed by atoms with E-state index in [2.05, 4.69) is 15.6 Å². The van der Waals surface area contributed by atoms with Crippen LogP contribution in [-0.4, -0.2) is 66.6 Å². The summed E-state index contributed by atoms with van der Waals surface area (Å²) in [5, 5.41) is 7.73. The maximum absolute atomic E-state index is 13.7. The van der Waals surface area contributed by atoms with Crippen LogP contribution >= 0.6 is 11.3 Å². The third-order valence-electron chi connectivity index (χ3n) is 7.48. The number of amides is 3. The SMILES string of the molecule is COc1ccc2cc1-c1cccc(c1)OCC(=O)NCc1ccc(cc1)O[C@@H]1CCN(C(=O)c3cscn3)C[C@H]1NC2=O. The Morgan fingerprint density at radius 2 is 1.91 bits per heavy atom. The Hall–Kier alpha value is -4.90. The topological polar surface area (TPSA) is 119 Å². The van der Waals surface area contributed by atoms with Crippen molar-refractivity contribution in [2.24, 2.45) is 0 Å². The summed E-state index contributed by atoms with van der Waals surface area (Å²) in [6.45, 7) is 0.916. The minimum Gasteiger partial charge on any atom is -0.496 e. The molecule has 7 rings (SSSR count). The Balaban J connectivity index is 1.34. The van der Waals surface area contributed by atoms with Gasteiger partial charge in [0.1, 0.15) is 29.0 Å². The third-order valence-corrected chi connectivity index (χ3v) is 8.07. The van der Waals surface area contributed by atoms with Crippen molar-refractivity contribution in [3.63, 3.8) is 0 Å². The lowest BCUT2D eigenvalue weighted by Crippen LogP contribution is -2.58. The first-order chi connectivity index (χ1) is 21.0. The van der Waals surface area contributed by atoms with E-state index in [0.29, 0.717) is 53.6 Å². The van der Waals surface area contributed by atoms with Crippen LogP contribution in [0.15, 0.2) is 77.6 Å². The summed E-state index contributed by atoms with van der Waals surface area (Å²) in [4.78, 5) is 45.2. The van der Waals surface area contributed by atoms with Gasteiger partial charge in [-0.3, -0.25) is 14.4 Å². The van der Waals surface area contributed by atoms with Crippen molar-refractivity contribution < 1.29 is 28.6 Å². The molecule has 6 bridgehead atoms. The fourth-order valence-corrected chi connectivity index (χ4v) is 5.74. The highest BCUT2D eigenvalue weighted by molar-refractivity contribution is 7.07. The molecule has 10 nitrogen and oxygen atoms in total. The Kier molecular flexibility index (Phi) is 8.23. The molecule has 0 spiro atoms. The molecule has 3 aromatic carbocycles. The maximum Gasteiger partial charge on any atom is 0.273 e.